The number of hydrogen-bond acceptors (Lipinski definition) is 4. The summed E-state index contributed by atoms with van der Waals surface area (Å²) in [5.41, 5.74) is 3.57. The Kier molecular flexibility index (Phi) is 7.66. The van der Waals surface area contributed by atoms with Crippen LogP contribution in [0.3, 0.4) is 0 Å². The molecule has 2 aromatic rings. The van der Waals surface area contributed by atoms with E-state index in [1.165, 1.54) is 6.07 Å². The Morgan fingerprint density at radius 2 is 1.52 bits per heavy atom. The van der Waals surface area contributed by atoms with Crippen molar-refractivity contribution in [2.75, 3.05) is 0 Å². The maximum atomic E-state index is 11.4. The number of benzene rings is 2. The van der Waals surface area contributed by atoms with Crippen LogP contribution < -0.4 is 0 Å². The van der Waals surface area contributed by atoms with Crippen molar-refractivity contribution in [2.24, 2.45) is 5.92 Å². The molecule has 25 heavy (non-hydrogen) atoms. The Morgan fingerprint density at radius 3 is 1.96 bits per heavy atom. The third kappa shape index (κ3) is 5.61. The van der Waals surface area contributed by atoms with Crippen LogP contribution in [0.15, 0.2) is 36.4 Å². The van der Waals surface area contributed by atoms with Crippen molar-refractivity contribution in [1.29, 1.82) is 0 Å². The number of phenolic OH excluding ortho intramolecular Hbond substituents is 1. The molecule has 0 aliphatic rings. The first kappa shape index (κ1) is 20.7. The van der Waals surface area contributed by atoms with Gasteiger partial charge in [0.25, 0.3) is 5.52 Å². The quantitative estimate of drug-likeness (QED) is 0.596. The molecule has 132 valence electrons. The molecule has 0 amide bonds. The van der Waals surface area contributed by atoms with Crippen molar-refractivity contribution < 1.29 is 19.3 Å². The lowest BCUT2D eigenvalue weighted by atomic mass is 10.0. The molecule has 0 atom stereocenters. The van der Waals surface area contributed by atoms with Crippen molar-refractivity contribution >= 4 is 19.8 Å². The molecule has 0 aliphatic carbocycles. The first-order valence-electron chi connectivity index (χ1n) is 7.96. The Morgan fingerprint density at radius 1 is 1.00 bits per heavy atom. The fourth-order valence-electron chi connectivity index (χ4n) is 2.56. The molecule has 0 heterocycles. The minimum absolute atomic E-state index is 0.0203. The van der Waals surface area contributed by atoms with Crippen LogP contribution in [-0.2, 0) is 4.57 Å². The summed E-state index contributed by atoms with van der Waals surface area (Å²) in [5.74, 6) is -0.0254. The third-order valence-corrected chi connectivity index (χ3v) is 4.06. The summed E-state index contributed by atoms with van der Waals surface area (Å²) in [6.45, 7) is 9.32. The Bertz CT molecular complexity index is 771. The molecule has 0 unspecified atom stereocenters. The second-order valence-corrected chi connectivity index (χ2v) is 6.80. The Hall–Kier alpha value is -2.32. The highest BCUT2D eigenvalue weighted by molar-refractivity contribution is 7.47. The highest BCUT2D eigenvalue weighted by atomic mass is 31.1. The average Bonchev–Trinajstić information content (AvgIpc) is 2.54. The van der Waals surface area contributed by atoms with E-state index < -0.39 is 8.46 Å². The van der Waals surface area contributed by atoms with Crippen LogP contribution in [0.1, 0.15) is 51.3 Å². The van der Waals surface area contributed by atoms with E-state index in [1.54, 1.807) is 18.2 Å². The van der Waals surface area contributed by atoms with Crippen LogP contribution in [0.25, 0.3) is 0 Å². The van der Waals surface area contributed by atoms with Gasteiger partial charge < -0.3 is 5.11 Å². The van der Waals surface area contributed by atoms with Gasteiger partial charge >= 0.3 is 0 Å². The normalized spacial score (nSPS) is 10.3. The van der Waals surface area contributed by atoms with Gasteiger partial charge in [-0.1, -0.05) is 43.7 Å². The highest BCUT2D eigenvalue weighted by Crippen LogP contribution is 2.20. The number of para-hydroxylation sites is 1. The van der Waals surface area contributed by atoms with Crippen LogP contribution >= 0.6 is 8.46 Å². The van der Waals surface area contributed by atoms with E-state index in [0.717, 1.165) is 16.7 Å². The molecule has 0 aromatic heterocycles. The van der Waals surface area contributed by atoms with E-state index in [4.69, 9.17) is 0 Å². The maximum absolute atomic E-state index is 11.4. The van der Waals surface area contributed by atoms with Crippen molar-refractivity contribution in [2.45, 2.75) is 34.6 Å². The number of hydrogen-bond donors (Lipinski definition) is 1. The lowest BCUT2D eigenvalue weighted by molar-refractivity contribution is 0.0936. The minimum atomic E-state index is -0.434. The molecule has 2 rings (SSSR count). The SMILES string of the molecule is CC(C)C(=O)c1ccccc1O.Cc1cc(C)c(C(=O)P=O)c(C)c1. The number of ketones is 1. The van der Waals surface area contributed by atoms with Crippen molar-refractivity contribution in [3.05, 3.63) is 64.2 Å². The molecular formula is C20H23O4P. The van der Waals surface area contributed by atoms with Gasteiger partial charge in [-0.15, -0.1) is 0 Å². The predicted molar refractivity (Wildman–Crippen MR) is 99.9 cm³/mol. The minimum Gasteiger partial charge on any atom is -0.507 e. The van der Waals surface area contributed by atoms with E-state index in [-0.39, 0.29) is 23.0 Å². The molecule has 0 saturated carbocycles. The summed E-state index contributed by atoms with van der Waals surface area (Å²) < 4.78 is 10.4. The van der Waals surface area contributed by atoms with E-state index >= 15 is 0 Å². The summed E-state index contributed by atoms with van der Waals surface area (Å²) in [6, 6.07) is 10.5. The third-order valence-electron chi connectivity index (χ3n) is 3.67. The van der Waals surface area contributed by atoms with Gasteiger partial charge in [0.1, 0.15) is 5.75 Å². The summed E-state index contributed by atoms with van der Waals surface area (Å²) in [5, 5.41) is 9.31. The molecule has 0 aliphatic heterocycles. The number of phenols is 1. The molecule has 0 spiro atoms. The van der Waals surface area contributed by atoms with E-state index in [1.807, 2.05) is 46.8 Å². The standard InChI is InChI=1S/C10H11O2P.C10H12O2/c1-6-4-7(2)9(8(3)5-6)10(11)13-12;1-7(2)10(12)8-5-3-4-6-9(8)11/h4-5H,1-3H3;3-7,11H,1-2H3. The zero-order valence-corrected chi connectivity index (χ0v) is 16.1. The Balaban J connectivity index is 0.000000251. The van der Waals surface area contributed by atoms with Crippen molar-refractivity contribution in [3.8, 4) is 5.75 Å². The molecule has 5 heteroatoms. The number of rotatable bonds is 4. The van der Waals surface area contributed by atoms with Gasteiger partial charge in [-0.05, 0) is 44.0 Å². The van der Waals surface area contributed by atoms with Gasteiger partial charge in [-0.2, -0.15) is 0 Å². The highest BCUT2D eigenvalue weighted by Gasteiger charge is 2.13. The number of Topliss-reactive ketones (excluding diaryl/α,β-unsaturated/α-hetero) is 1. The number of aryl methyl sites for hydroxylation is 3. The van der Waals surface area contributed by atoms with Crippen LogP contribution in [-0.4, -0.2) is 16.4 Å². The zero-order chi connectivity index (χ0) is 19.1. The van der Waals surface area contributed by atoms with Gasteiger partial charge in [-0.3, -0.25) is 14.2 Å². The summed E-state index contributed by atoms with van der Waals surface area (Å²) in [4.78, 5) is 22.6. The van der Waals surface area contributed by atoms with E-state index in [9.17, 15) is 19.3 Å². The van der Waals surface area contributed by atoms with Crippen LogP contribution in [0.5, 0.6) is 5.75 Å². The van der Waals surface area contributed by atoms with Crippen LogP contribution in [0, 0.1) is 26.7 Å². The molecule has 0 bridgehead atoms. The first-order valence-corrected chi connectivity index (χ1v) is 8.78. The maximum Gasteiger partial charge on any atom is 0.253 e. The summed E-state index contributed by atoms with van der Waals surface area (Å²) in [7, 11) is -0.434. The fraction of sp³-hybridized carbons (Fsp3) is 0.300. The second-order valence-electron chi connectivity index (χ2n) is 6.21. The lowest BCUT2D eigenvalue weighted by Gasteiger charge is -2.06. The molecule has 1 N–H and O–H groups in total. The second kappa shape index (κ2) is 9.24. The molecule has 0 fully saturated rings. The zero-order valence-electron chi connectivity index (χ0n) is 15.2. The predicted octanol–water partition coefficient (Wildman–Crippen LogP) is 5.27. The van der Waals surface area contributed by atoms with Gasteiger partial charge in [0.15, 0.2) is 5.78 Å². The Labute approximate surface area is 150 Å². The smallest absolute Gasteiger partial charge is 0.253 e. The van der Waals surface area contributed by atoms with E-state index in [0.29, 0.717) is 11.1 Å². The molecule has 2 aromatic carbocycles. The van der Waals surface area contributed by atoms with Gasteiger partial charge in [0, 0.05) is 11.5 Å². The number of carbonyl (C=O) groups excluding carboxylic acids is 2. The largest absolute Gasteiger partial charge is 0.507 e. The van der Waals surface area contributed by atoms with Crippen molar-refractivity contribution in [1.82, 2.24) is 0 Å². The first-order chi connectivity index (χ1) is 11.7. The topological polar surface area (TPSA) is 71.4 Å². The molecule has 4 nitrogen and oxygen atoms in total. The molecular weight excluding hydrogens is 335 g/mol. The lowest BCUT2D eigenvalue weighted by Crippen LogP contribution is -2.07. The average molecular weight is 358 g/mol. The van der Waals surface area contributed by atoms with Gasteiger partial charge in [0.05, 0.1) is 5.56 Å². The van der Waals surface area contributed by atoms with Crippen LogP contribution in [0.4, 0.5) is 0 Å². The molecule has 0 saturated heterocycles. The van der Waals surface area contributed by atoms with Crippen LogP contribution in [0.2, 0.25) is 0 Å². The molecule has 0 radical (unpaired) electrons. The summed E-state index contributed by atoms with van der Waals surface area (Å²) >= 11 is 0. The van der Waals surface area contributed by atoms with E-state index in [2.05, 4.69) is 0 Å². The van der Waals surface area contributed by atoms with Gasteiger partial charge in [-0.25, -0.2) is 0 Å². The number of carbonyl (C=O) groups is 2. The van der Waals surface area contributed by atoms with Crippen molar-refractivity contribution in [3.63, 3.8) is 0 Å². The fourth-order valence-corrected chi connectivity index (χ4v) is 3.00. The summed E-state index contributed by atoms with van der Waals surface area (Å²) in [6.07, 6.45) is 0. The number of aromatic hydroxyl groups is 1. The monoisotopic (exact) mass is 358 g/mol. The van der Waals surface area contributed by atoms with Gasteiger partial charge in [0.2, 0.25) is 8.46 Å².